The van der Waals surface area contributed by atoms with Crippen LogP contribution in [0.2, 0.25) is 5.02 Å². The van der Waals surface area contributed by atoms with Crippen molar-refractivity contribution in [2.75, 3.05) is 5.32 Å². The van der Waals surface area contributed by atoms with Crippen molar-refractivity contribution in [2.24, 2.45) is 0 Å². The largest absolute Gasteiger partial charge is 0.324 e. The predicted octanol–water partition coefficient (Wildman–Crippen LogP) is 3.55. The summed E-state index contributed by atoms with van der Waals surface area (Å²) in [6.45, 7) is 3.96. The van der Waals surface area contributed by atoms with Crippen LogP contribution in [-0.4, -0.2) is 15.7 Å². The molecule has 0 fully saturated rings. The Morgan fingerprint density at radius 1 is 1.47 bits per heavy atom. The van der Waals surface area contributed by atoms with Crippen molar-refractivity contribution in [2.45, 2.75) is 20.4 Å². The molecular weight excluding hydrogens is 330 g/mol. The minimum absolute atomic E-state index is 0.139. The van der Waals surface area contributed by atoms with Crippen LogP contribution >= 0.6 is 27.5 Å². The van der Waals surface area contributed by atoms with Gasteiger partial charge in [0, 0.05) is 16.9 Å². The first-order valence-corrected chi connectivity index (χ1v) is 6.88. The van der Waals surface area contributed by atoms with Gasteiger partial charge in [0.1, 0.15) is 6.54 Å². The maximum absolute atomic E-state index is 11.9. The zero-order chi connectivity index (χ0) is 14.0. The quantitative estimate of drug-likeness (QED) is 0.927. The van der Waals surface area contributed by atoms with Crippen LogP contribution in [0.4, 0.5) is 5.69 Å². The van der Waals surface area contributed by atoms with Gasteiger partial charge >= 0.3 is 0 Å². The summed E-state index contributed by atoms with van der Waals surface area (Å²) >= 11 is 9.27. The molecule has 0 bridgehead atoms. The zero-order valence-corrected chi connectivity index (χ0v) is 12.9. The topological polar surface area (TPSA) is 46.9 Å². The molecule has 1 aromatic heterocycles. The van der Waals surface area contributed by atoms with E-state index in [0.717, 1.165) is 21.4 Å². The first kappa shape index (κ1) is 14.1. The number of carbonyl (C=O) groups excluding carboxylic acids is 1. The van der Waals surface area contributed by atoms with Gasteiger partial charge in [-0.2, -0.15) is 5.10 Å². The van der Waals surface area contributed by atoms with Crippen molar-refractivity contribution >= 4 is 39.1 Å². The predicted molar refractivity (Wildman–Crippen MR) is 79.5 cm³/mol. The van der Waals surface area contributed by atoms with E-state index in [1.54, 1.807) is 23.0 Å². The molecule has 0 radical (unpaired) electrons. The number of hydrogen-bond donors (Lipinski definition) is 1. The minimum atomic E-state index is -0.139. The second-order valence-corrected chi connectivity index (χ2v) is 5.56. The lowest BCUT2D eigenvalue weighted by Crippen LogP contribution is -2.19. The molecule has 2 aromatic rings. The molecule has 0 aliphatic carbocycles. The average molecular weight is 343 g/mol. The number of hydrogen-bond acceptors (Lipinski definition) is 2. The monoisotopic (exact) mass is 341 g/mol. The summed E-state index contributed by atoms with van der Waals surface area (Å²) < 4.78 is 2.48. The van der Waals surface area contributed by atoms with Crippen molar-refractivity contribution in [3.8, 4) is 0 Å². The van der Waals surface area contributed by atoms with Gasteiger partial charge < -0.3 is 5.32 Å². The summed E-state index contributed by atoms with van der Waals surface area (Å²) in [5, 5.41) is 7.64. The van der Waals surface area contributed by atoms with E-state index >= 15 is 0 Å². The standard InChI is InChI=1S/C13H13BrClN3O/c1-8-3-4-10(15)5-12(8)16-13(19)7-18-6-11(14)9(2)17-18/h3-6H,7H2,1-2H3,(H,16,19). The van der Waals surface area contributed by atoms with E-state index in [1.165, 1.54) is 0 Å². The van der Waals surface area contributed by atoms with Crippen LogP contribution in [-0.2, 0) is 11.3 Å². The molecule has 0 unspecified atom stereocenters. The van der Waals surface area contributed by atoms with E-state index in [2.05, 4.69) is 26.3 Å². The van der Waals surface area contributed by atoms with Crippen LogP contribution in [0.5, 0.6) is 0 Å². The number of benzene rings is 1. The summed E-state index contributed by atoms with van der Waals surface area (Å²) in [5.41, 5.74) is 2.54. The van der Waals surface area contributed by atoms with Gasteiger partial charge in [-0.25, -0.2) is 0 Å². The van der Waals surface area contributed by atoms with Gasteiger partial charge in [0.15, 0.2) is 0 Å². The number of aryl methyl sites for hydroxylation is 2. The molecule has 4 nitrogen and oxygen atoms in total. The molecule has 0 saturated carbocycles. The number of carbonyl (C=O) groups is 1. The molecule has 0 aliphatic rings. The highest BCUT2D eigenvalue weighted by Gasteiger charge is 2.08. The summed E-state index contributed by atoms with van der Waals surface area (Å²) in [6.07, 6.45) is 1.78. The van der Waals surface area contributed by atoms with E-state index in [9.17, 15) is 4.79 Å². The van der Waals surface area contributed by atoms with E-state index in [4.69, 9.17) is 11.6 Å². The highest BCUT2D eigenvalue weighted by atomic mass is 79.9. The van der Waals surface area contributed by atoms with Crippen LogP contribution in [0.15, 0.2) is 28.9 Å². The Hall–Kier alpha value is -1.33. The van der Waals surface area contributed by atoms with Gasteiger partial charge in [0.2, 0.25) is 5.91 Å². The van der Waals surface area contributed by atoms with Crippen molar-refractivity contribution in [3.63, 3.8) is 0 Å². The molecule has 0 aliphatic heterocycles. The summed E-state index contributed by atoms with van der Waals surface area (Å²) in [4.78, 5) is 11.9. The highest BCUT2D eigenvalue weighted by molar-refractivity contribution is 9.10. The number of halogens is 2. The Bertz CT molecular complexity index is 605. The third-order valence-electron chi connectivity index (χ3n) is 2.67. The Labute approximate surface area is 124 Å². The molecule has 1 amide bonds. The molecule has 2 rings (SSSR count). The smallest absolute Gasteiger partial charge is 0.246 e. The average Bonchev–Trinajstić information content (AvgIpc) is 2.63. The fraction of sp³-hybridized carbons (Fsp3) is 0.231. The van der Waals surface area contributed by atoms with Crippen LogP contribution in [0.1, 0.15) is 11.3 Å². The van der Waals surface area contributed by atoms with Gasteiger partial charge in [0.25, 0.3) is 0 Å². The molecule has 1 N–H and O–H groups in total. The highest BCUT2D eigenvalue weighted by Crippen LogP contribution is 2.20. The number of anilines is 1. The second kappa shape index (κ2) is 5.75. The van der Waals surface area contributed by atoms with Crippen LogP contribution in [0.25, 0.3) is 0 Å². The maximum atomic E-state index is 11.9. The van der Waals surface area contributed by atoms with Crippen molar-refractivity contribution < 1.29 is 4.79 Å². The molecule has 1 heterocycles. The van der Waals surface area contributed by atoms with Crippen LogP contribution in [0, 0.1) is 13.8 Å². The summed E-state index contributed by atoms with van der Waals surface area (Å²) in [7, 11) is 0. The van der Waals surface area contributed by atoms with Gasteiger partial charge in [0.05, 0.1) is 10.2 Å². The number of amides is 1. The lowest BCUT2D eigenvalue weighted by atomic mass is 10.2. The van der Waals surface area contributed by atoms with Crippen LogP contribution in [0.3, 0.4) is 0 Å². The van der Waals surface area contributed by atoms with E-state index in [-0.39, 0.29) is 12.5 Å². The molecule has 19 heavy (non-hydrogen) atoms. The van der Waals surface area contributed by atoms with Crippen molar-refractivity contribution in [1.29, 1.82) is 0 Å². The van der Waals surface area contributed by atoms with Crippen LogP contribution < -0.4 is 5.32 Å². The lowest BCUT2D eigenvalue weighted by Gasteiger charge is -2.08. The fourth-order valence-electron chi connectivity index (χ4n) is 1.64. The number of aromatic nitrogens is 2. The number of nitrogens with one attached hydrogen (secondary N) is 1. The third kappa shape index (κ3) is 3.58. The molecule has 6 heteroatoms. The zero-order valence-electron chi connectivity index (χ0n) is 10.6. The van der Waals surface area contributed by atoms with Crippen molar-refractivity contribution in [1.82, 2.24) is 9.78 Å². The minimum Gasteiger partial charge on any atom is -0.324 e. The van der Waals surface area contributed by atoms with E-state index in [0.29, 0.717) is 5.02 Å². The summed E-state index contributed by atoms with van der Waals surface area (Å²) in [5.74, 6) is -0.139. The molecule has 0 atom stereocenters. The Morgan fingerprint density at radius 2 is 2.21 bits per heavy atom. The first-order valence-electron chi connectivity index (χ1n) is 5.71. The SMILES string of the molecule is Cc1ccc(Cl)cc1NC(=O)Cn1cc(Br)c(C)n1. The van der Waals surface area contributed by atoms with Gasteiger partial charge in [-0.1, -0.05) is 17.7 Å². The molecular formula is C13H13BrClN3O. The number of nitrogens with zero attached hydrogens (tertiary/aromatic N) is 2. The lowest BCUT2D eigenvalue weighted by molar-refractivity contribution is -0.116. The van der Waals surface area contributed by atoms with Gasteiger partial charge in [-0.05, 0) is 47.5 Å². The Kier molecular flexibility index (Phi) is 4.27. The maximum Gasteiger partial charge on any atom is 0.246 e. The Morgan fingerprint density at radius 3 is 2.84 bits per heavy atom. The van der Waals surface area contributed by atoms with E-state index in [1.807, 2.05) is 19.9 Å². The fourth-order valence-corrected chi connectivity index (χ4v) is 2.13. The number of rotatable bonds is 3. The third-order valence-corrected chi connectivity index (χ3v) is 3.68. The van der Waals surface area contributed by atoms with Gasteiger partial charge in [-0.3, -0.25) is 9.48 Å². The Balaban J connectivity index is 2.07. The molecule has 0 spiro atoms. The second-order valence-electron chi connectivity index (χ2n) is 4.27. The molecule has 0 saturated heterocycles. The molecule has 100 valence electrons. The molecule has 1 aromatic carbocycles. The van der Waals surface area contributed by atoms with Gasteiger partial charge in [-0.15, -0.1) is 0 Å². The van der Waals surface area contributed by atoms with E-state index < -0.39 is 0 Å². The first-order chi connectivity index (χ1) is 8.95. The van der Waals surface area contributed by atoms with Crippen molar-refractivity contribution in [3.05, 3.63) is 45.1 Å². The summed E-state index contributed by atoms with van der Waals surface area (Å²) in [6, 6.07) is 5.39. The normalized spacial score (nSPS) is 10.5.